The summed E-state index contributed by atoms with van der Waals surface area (Å²) in [4.78, 5) is 30.4. The summed E-state index contributed by atoms with van der Waals surface area (Å²) in [6.45, 7) is 4.50. The molecule has 5 heteroatoms. The number of benzene rings is 1. The standard InChI is InChI=1S/C21H25N3O2/c1-3-19-6-4-5-13-24(19)21(26)20-12-11-18(14-22-20)23-17-9-7-16(8-10-17)15(2)25/h7-12,14,19,23H,3-6,13H2,1-2H3. The maximum Gasteiger partial charge on any atom is 0.272 e. The van der Waals surface area contributed by atoms with Crippen LogP contribution in [0.1, 0.15) is 60.4 Å². The second-order valence-corrected chi connectivity index (χ2v) is 6.75. The molecule has 1 saturated heterocycles. The lowest BCUT2D eigenvalue weighted by Crippen LogP contribution is -2.43. The van der Waals surface area contributed by atoms with Crippen molar-refractivity contribution in [2.45, 2.75) is 45.6 Å². The average molecular weight is 351 g/mol. The molecule has 5 nitrogen and oxygen atoms in total. The minimum absolute atomic E-state index is 0.0221. The van der Waals surface area contributed by atoms with E-state index in [9.17, 15) is 9.59 Å². The van der Waals surface area contributed by atoms with Crippen LogP contribution in [0, 0.1) is 0 Å². The molecule has 3 rings (SSSR count). The zero-order valence-electron chi connectivity index (χ0n) is 15.4. The van der Waals surface area contributed by atoms with Crippen molar-refractivity contribution >= 4 is 23.1 Å². The van der Waals surface area contributed by atoms with Gasteiger partial charge in [0.2, 0.25) is 0 Å². The quantitative estimate of drug-likeness (QED) is 0.809. The van der Waals surface area contributed by atoms with Crippen molar-refractivity contribution in [1.82, 2.24) is 9.88 Å². The van der Waals surface area contributed by atoms with Gasteiger partial charge in [0.25, 0.3) is 5.91 Å². The van der Waals surface area contributed by atoms with E-state index in [4.69, 9.17) is 0 Å². The van der Waals surface area contributed by atoms with Gasteiger partial charge in [-0.15, -0.1) is 0 Å². The summed E-state index contributed by atoms with van der Waals surface area (Å²) in [6.07, 6.45) is 6.01. The number of hydrogen-bond acceptors (Lipinski definition) is 4. The molecule has 2 aromatic rings. The number of pyridine rings is 1. The van der Waals surface area contributed by atoms with Crippen molar-refractivity contribution in [1.29, 1.82) is 0 Å². The topological polar surface area (TPSA) is 62.3 Å². The van der Waals surface area contributed by atoms with E-state index < -0.39 is 0 Å². The summed E-state index contributed by atoms with van der Waals surface area (Å²) in [5, 5.41) is 3.24. The van der Waals surface area contributed by atoms with Gasteiger partial charge in [-0.05, 0) is 69.0 Å². The number of ketones is 1. The van der Waals surface area contributed by atoms with Crippen molar-refractivity contribution in [2.75, 3.05) is 11.9 Å². The highest BCUT2D eigenvalue weighted by Gasteiger charge is 2.26. The lowest BCUT2D eigenvalue weighted by Gasteiger charge is -2.35. The Kier molecular flexibility index (Phi) is 5.66. The summed E-state index contributed by atoms with van der Waals surface area (Å²) in [7, 11) is 0. The van der Waals surface area contributed by atoms with Crippen LogP contribution < -0.4 is 5.32 Å². The Hall–Kier alpha value is -2.69. The lowest BCUT2D eigenvalue weighted by atomic mass is 9.99. The van der Waals surface area contributed by atoms with Crippen molar-refractivity contribution in [3.05, 3.63) is 53.9 Å². The van der Waals surface area contributed by atoms with Crippen LogP contribution in [0.3, 0.4) is 0 Å². The largest absolute Gasteiger partial charge is 0.354 e. The van der Waals surface area contributed by atoms with Crippen LogP contribution in [0.5, 0.6) is 0 Å². The molecule has 1 N–H and O–H groups in total. The Morgan fingerprint density at radius 2 is 1.85 bits per heavy atom. The number of rotatable bonds is 5. The van der Waals surface area contributed by atoms with Crippen LogP contribution in [-0.4, -0.2) is 34.2 Å². The zero-order valence-corrected chi connectivity index (χ0v) is 15.4. The van der Waals surface area contributed by atoms with Gasteiger partial charge in [-0.2, -0.15) is 0 Å². The number of likely N-dealkylation sites (tertiary alicyclic amines) is 1. The van der Waals surface area contributed by atoms with Gasteiger partial charge in [0.05, 0.1) is 11.9 Å². The predicted octanol–water partition coefficient (Wildman–Crippen LogP) is 4.43. The lowest BCUT2D eigenvalue weighted by molar-refractivity contribution is 0.0602. The zero-order chi connectivity index (χ0) is 18.5. The third-order valence-corrected chi connectivity index (χ3v) is 4.92. The van der Waals surface area contributed by atoms with Crippen molar-refractivity contribution < 1.29 is 9.59 Å². The van der Waals surface area contributed by atoms with Gasteiger partial charge in [0, 0.05) is 23.8 Å². The second-order valence-electron chi connectivity index (χ2n) is 6.75. The van der Waals surface area contributed by atoms with E-state index in [0.29, 0.717) is 17.3 Å². The highest BCUT2D eigenvalue weighted by atomic mass is 16.2. The molecule has 0 saturated carbocycles. The minimum atomic E-state index is 0.0221. The van der Waals surface area contributed by atoms with E-state index in [0.717, 1.165) is 37.2 Å². The van der Waals surface area contributed by atoms with E-state index in [1.807, 2.05) is 23.1 Å². The van der Waals surface area contributed by atoms with Crippen LogP contribution in [-0.2, 0) is 0 Å². The molecule has 0 bridgehead atoms. The number of amides is 1. The summed E-state index contributed by atoms with van der Waals surface area (Å²) < 4.78 is 0. The molecule has 26 heavy (non-hydrogen) atoms. The highest BCUT2D eigenvalue weighted by Crippen LogP contribution is 2.22. The third-order valence-electron chi connectivity index (χ3n) is 4.92. The second kappa shape index (κ2) is 8.13. The van der Waals surface area contributed by atoms with Gasteiger partial charge in [-0.25, -0.2) is 4.98 Å². The van der Waals surface area contributed by atoms with Crippen LogP contribution in [0.4, 0.5) is 11.4 Å². The molecule has 1 aromatic heterocycles. The van der Waals surface area contributed by atoms with Gasteiger partial charge in [0.15, 0.2) is 5.78 Å². The fourth-order valence-corrected chi connectivity index (χ4v) is 3.39. The van der Waals surface area contributed by atoms with Gasteiger partial charge >= 0.3 is 0 Å². The number of hydrogen-bond donors (Lipinski definition) is 1. The summed E-state index contributed by atoms with van der Waals surface area (Å²) in [5.74, 6) is 0.0677. The molecular formula is C21H25N3O2. The molecule has 0 radical (unpaired) electrons. The first-order valence-corrected chi connectivity index (χ1v) is 9.23. The number of anilines is 2. The van der Waals surface area contributed by atoms with Gasteiger partial charge in [-0.3, -0.25) is 9.59 Å². The SMILES string of the molecule is CCC1CCCCN1C(=O)c1ccc(Nc2ccc(C(C)=O)cc2)cn1. The fraction of sp³-hybridized carbons (Fsp3) is 0.381. The summed E-state index contributed by atoms with van der Waals surface area (Å²) >= 11 is 0. The van der Waals surface area contributed by atoms with E-state index in [1.165, 1.54) is 6.42 Å². The third kappa shape index (κ3) is 4.10. The molecule has 1 unspecified atom stereocenters. The Bertz CT molecular complexity index is 769. The van der Waals surface area contributed by atoms with Gasteiger partial charge < -0.3 is 10.2 Å². The van der Waals surface area contributed by atoms with Crippen molar-refractivity contribution in [3.63, 3.8) is 0 Å². The van der Waals surface area contributed by atoms with E-state index in [-0.39, 0.29) is 11.7 Å². The van der Waals surface area contributed by atoms with Crippen molar-refractivity contribution in [3.8, 4) is 0 Å². The first kappa shape index (κ1) is 18.1. The predicted molar refractivity (Wildman–Crippen MR) is 103 cm³/mol. The van der Waals surface area contributed by atoms with Crippen LogP contribution in [0.25, 0.3) is 0 Å². The molecule has 1 amide bonds. The normalized spacial score (nSPS) is 17.0. The first-order chi connectivity index (χ1) is 12.6. The molecule has 1 aliphatic rings. The van der Waals surface area contributed by atoms with Crippen molar-refractivity contribution in [2.24, 2.45) is 0 Å². The summed E-state index contributed by atoms with van der Waals surface area (Å²) in [6, 6.07) is 11.3. The number of carbonyl (C=O) groups is 2. The Labute approximate surface area is 154 Å². The minimum Gasteiger partial charge on any atom is -0.354 e. The van der Waals surface area contributed by atoms with E-state index in [2.05, 4.69) is 17.2 Å². The summed E-state index contributed by atoms with van der Waals surface area (Å²) in [5.41, 5.74) is 2.85. The Morgan fingerprint density at radius 1 is 1.12 bits per heavy atom. The number of piperidine rings is 1. The monoisotopic (exact) mass is 351 g/mol. The highest BCUT2D eigenvalue weighted by molar-refractivity contribution is 5.94. The number of nitrogens with one attached hydrogen (secondary N) is 1. The Morgan fingerprint density at radius 3 is 2.46 bits per heavy atom. The molecule has 1 aliphatic heterocycles. The molecule has 2 heterocycles. The number of nitrogens with zero attached hydrogens (tertiary/aromatic N) is 2. The molecular weight excluding hydrogens is 326 g/mol. The Balaban J connectivity index is 1.67. The van der Waals surface area contributed by atoms with Crippen LogP contribution in [0.2, 0.25) is 0 Å². The van der Waals surface area contributed by atoms with Crippen LogP contribution in [0.15, 0.2) is 42.6 Å². The number of Topliss-reactive ketones (excluding diaryl/α,β-unsaturated/α-hetero) is 1. The number of aromatic nitrogens is 1. The molecule has 1 fully saturated rings. The molecule has 1 aromatic carbocycles. The average Bonchev–Trinajstić information content (AvgIpc) is 2.68. The van der Waals surface area contributed by atoms with E-state index >= 15 is 0 Å². The molecule has 1 atom stereocenters. The molecule has 0 aliphatic carbocycles. The number of carbonyl (C=O) groups excluding carboxylic acids is 2. The fourth-order valence-electron chi connectivity index (χ4n) is 3.39. The van der Waals surface area contributed by atoms with Crippen LogP contribution >= 0.6 is 0 Å². The smallest absolute Gasteiger partial charge is 0.272 e. The molecule has 136 valence electrons. The maximum atomic E-state index is 12.8. The van der Waals surface area contributed by atoms with Gasteiger partial charge in [-0.1, -0.05) is 6.92 Å². The maximum absolute atomic E-state index is 12.8. The molecule has 0 spiro atoms. The van der Waals surface area contributed by atoms with Gasteiger partial charge in [0.1, 0.15) is 5.69 Å². The first-order valence-electron chi connectivity index (χ1n) is 9.23. The van der Waals surface area contributed by atoms with E-state index in [1.54, 1.807) is 31.3 Å².